The number of rotatable bonds is 4. The first-order valence-electron chi connectivity index (χ1n) is 17.4. The van der Waals surface area contributed by atoms with E-state index in [4.69, 9.17) is 4.42 Å². The Morgan fingerprint density at radius 2 is 1.00 bits per heavy atom. The Kier molecular flexibility index (Phi) is 5.96. The van der Waals surface area contributed by atoms with Gasteiger partial charge in [0, 0.05) is 49.3 Å². The monoisotopic (exact) mass is 650 g/mol. The molecule has 11 rings (SSSR count). The van der Waals surface area contributed by atoms with Crippen LogP contribution in [0, 0.1) is 0 Å². The van der Waals surface area contributed by atoms with Crippen molar-refractivity contribution in [3.63, 3.8) is 0 Å². The van der Waals surface area contributed by atoms with Gasteiger partial charge in [0.05, 0.1) is 22.1 Å². The minimum atomic E-state index is 0.913. The molecule has 0 saturated carbocycles. The number of hydrogen-bond acceptors (Lipinski definition) is 1. The summed E-state index contributed by atoms with van der Waals surface area (Å²) in [5, 5.41) is 7.26. The molecule has 3 nitrogen and oxygen atoms in total. The number of furan rings is 1. The molecule has 11 aromatic rings. The third-order valence-corrected chi connectivity index (χ3v) is 10.5. The second kappa shape index (κ2) is 10.8. The molecule has 0 N–H and O–H groups in total. The Morgan fingerprint density at radius 3 is 1.84 bits per heavy atom. The lowest BCUT2D eigenvalue weighted by atomic mass is 10.0. The average Bonchev–Trinajstić information content (AvgIpc) is 3.86. The minimum Gasteiger partial charge on any atom is -0.455 e. The summed E-state index contributed by atoms with van der Waals surface area (Å²) in [6.45, 7) is 0. The lowest BCUT2D eigenvalue weighted by Gasteiger charge is -2.11. The van der Waals surface area contributed by atoms with Crippen LogP contribution in [-0.2, 0) is 0 Å². The Bertz CT molecular complexity index is 3110. The van der Waals surface area contributed by atoms with Gasteiger partial charge < -0.3 is 13.6 Å². The quantitative estimate of drug-likeness (QED) is 0.186. The maximum Gasteiger partial charge on any atom is 0.143 e. The molecule has 0 aliphatic carbocycles. The van der Waals surface area contributed by atoms with Crippen LogP contribution in [0.5, 0.6) is 0 Å². The van der Waals surface area contributed by atoms with Gasteiger partial charge in [0.1, 0.15) is 11.2 Å². The van der Waals surface area contributed by atoms with Crippen LogP contribution in [0.25, 0.3) is 99.2 Å². The van der Waals surface area contributed by atoms with Gasteiger partial charge in [0.2, 0.25) is 0 Å². The first kappa shape index (κ1) is 28.0. The van der Waals surface area contributed by atoms with E-state index in [-0.39, 0.29) is 0 Å². The maximum absolute atomic E-state index is 6.41. The van der Waals surface area contributed by atoms with Gasteiger partial charge in [-0.2, -0.15) is 0 Å². The molecule has 0 spiro atoms. The van der Waals surface area contributed by atoms with E-state index < -0.39 is 0 Å². The molecule has 0 bridgehead atoms. The van der Waals surface area contributed by atoms with Gasteiger partial charge in [0.25, 0.3) is 0 Å². The number of benzene rings is 8. The third kappa shape index (κ3) is 4.12. The highest BCUT2D eigenvalue weighted by atomic mass is 16.3. The van der Waals surface area contributed by atoms with Crippen molar-refractivity contribution >= 4 is 65.6 Å². The van der Waals surface area contributed by atoms with Gasteiger partial charge in [-0.05, 0) is 71.3 Å². The zero-order valence-corrected chi connectivity index (χ0v) is 27.6. The fraction of sp³-hybridized carbons (Fsp3) is 0. The van der Waals surface area contributed by atoms with Gasteiger partial charge in [-0.15, -0.1) is 0 Å². The van der Waals surface area contributed by atoms with Gasteiger partial charge in [-0.1, -0.05) is 127 Å². The average molecular weight is 651 g/mol. The smallest absolute Gasteiger partial charge is 0.143 e. The molecule has 3 heteroatoms. The van der Waals surface area contributed by atoms with Crippen LogP contribution in [0.1, 0.15) is 0 Å². The summed E-state index contributed by atoms with van der Waals surface area (Å²) in [4.78, 5) is 0. The van der Waals surface area contributed by atoms with Crippen LogP contribution in [0.2, 0.25) is 0 Å². The van der Waals surface area contributed by atoms with Crippen molar-refractivity contribution in [1.82, 2.24) is 9.13 Å². The first-order chi connectivity index (χ1) is 25.3. The van der Waals surface area contributed by atoms with Crippen molar-refractivity contribution < 1.29 is 4.42 Å². The third-order valence-electron chi connectivity index (χ3n) is 10.5. The number of fused-ring (bicyclic) bond motifs is 10. The van der Waals surface area contributed by atoms with Crippen LogP contribution < -0.4 is 0 Å². The molecule has 0 atom stereocenters. The number of aromatic nitrogens is 2. The molecule has 3 aromatic heterocycles. The van der Waals surface area contributed by atoms with Crippen LogP contribution in [-0.4, -0.2) is 9.13 Å². The van der Waals surface area contributed by atoms with Crippen LogP contribution in [0.4, 0.5) is 0 Å². The predicted molar refractivity (Wildman–Crippen MR) is 213 cm³/mol. The fourth-order valence-electron chi connectivity index (χ4n) is 8.26. The maximum atomic E-state index is 6.41. The molecule has 0 amide bonds. The fourth-order valence-corrected chi connectivity index (χ4v) is 8.26. The summed E-state index contributed by atoms with van der Waals surface area (Å²) in [5.74, 6) is 0. The SMILES string of the molecule is c1ccc(-c2ccc3c(c2)c2c(ccc4c5ccccc5n(-c5ccccc5)c42)n3-c2ccc(-c3cccc4c3oc3ccccc34)cc2)cc1. The van der Waals surface area contributed by atoms with Gasteiger partial charge in [-0.25, -0.2) is 0 Å². The van der Waals surface area contributed by atoms with Gasteiger partial charge in [0.15, 0.2) is 0 Å². The topological polar surface area (TPSA) is 23.0 Å². The molecule has 51 heavy (non-hydrogen) atoms. The standard InChI is InChI=1S/C48H30N2O/c1-3-12-31(13-4-1)33-24-28-43-41(30-33)46-44(29-27-39-37-16-7-9-20-42(37)50(47(39)46)34-14-5-2-6-15-34)49(43)35-25-22-32(23-26-35)36-18-11-19-40-38-17-8-10-21-45(38)51-48(36)40/h1-30H. The second-order valence-corrected chi connectivity index (χ2v) is 13.3. The molecule has 0 radical (unpaired) electrons. The summed E-state index contributed by atoms with van der Waals surface area (Å²) < 4.78 is 11.3. The number of hydrogen-bond donors (Lipinski definition) is 0. The van der Waals surface area contributed by atoms with Crippen molar-refractivity contribution in [2.45, 2.75) is 0 Å². The molecular weight excluding hydrogens is 621 g/mol. The van der Waals surface area contributed by atoms with E-state index in [1.807, 2.05) is 12.1 Å². The summed E-state index contributed by atoms with van der Waals surface area (Å²) >= 11 is 0. The molecule has 0 saturated heterocycles. The van der Waals surface area contributed by atoms with Gasteiger partial charge >= 0.3 is 0 Å². The molecule has 238 valence electrons. The van der Waals surface area contributed by atoms with Crippen molar-refractivity contribution in [1.29, 1.82) is 0 Å². The van der Waals surface area contributed by atoms with Gasteiger partial charge in [-0.3, -0.25) is 0 Å². The minimum absolute atomic E-state index is 0.913. The molecule has 0 fully saturated rings. The van der Waals surface area contributed by atoms with E-state index in [2.05, 4.69) is 179 Å². The van der Waals surface area contributed by atoms with Crippen molar-refractivity contribution in [3.05, 3.63) is 182 Å². The zero-order chi connectivity index (χ0) is 33.5. The Balaban J connectivity index is 1.19. The van der Waals surface area contributed by atoms with E-state index in [1.165, 1.54) is 54.7 Å². The van der Waals surface area contributed by atoms with Crippen molar-refractivity contribution in [2.75, 3.05) is 0 Å². The molecule has 3 heterocycles. The van der Waals surface area contributed by atoms with Crippen LogP contribution in [0.15, 0.2) is 186 Å². The normalized spacial score (nSPS) is 11.9. The largest absolute Gasteiger partial charge is 0.455 e. The lowest BCUT2D eigenvalue weighted by molar-refractivity contribution is 0.670. The second-order valence-electron chi connectivity index (χ2n) is 13.3. The van der Waals surface area contributed by atoms with E-state index >= 15 is 0 Å². The van der Waals surface area contributed by atoms with Crippen molar-refractivity contribution in [3.8, 4) is 33.6 Å². The van der Waals surface area contributed by atoms with E-state index in [0.717, 1.165) is 44.4 Å². The zero-order valence-electron chi connectivity index (χ0n) is 27.6. The molecular formula is C48H30N2O. The highest BCUT2D eigenvalue weighted by molar-refractivity contribution is 6.26. The lowest BCUT2D eigenvalue weighted by Crippen LogP contribution is -1.95. The van der Waals surface area contributed by atoms with Crippen molar-refractivity contribution in [2.24, 2.45) is 0 Å². The Morgan fingerprint density at radius 1 is 0.353 bits per heavy atom. The highest BCUT2D eigenvalue weighted by Gasteiger charge is 2.21. The molecule has 0 aliphatic heterocycles. The van der Waals surface area contributed by atoms with E-state index in [0.29, 0.717) is 0 Å². The van der Waals surface area contributed by atoms with Crippen LogP contribution >= 0.6 is 0 Å². The summed E-state index contributed by atoms with van der Waals surface area (Å²) in [6, 6.07) is 65.4. The highest BCUT2D eigenvalue weighted by Crippen LogP contribution is 2.43. The summed E-state index contributed by atoms with van der Waals surface area (Å²) in [5.41, 5.74) is 13.5. The van der Waals surface area contributed by atoms with E-state index in [1.54, 1.807) is 0 Å². The Labute approximate surface area is 293 Å². The molecule has 8 aromatic carbocycles. The summed E-state index contributed by atoms with van der Waals surface area (Å²) in [7, 11) is 0. The number of para-hydroxylation sites is 4. The van der Waals surface area contributed by atoms with E-state index in [9.17, 15) is 0 Å². The predicted octanol–water partition coefficient (Wildman–Crippen LogP) is 13.1. The summed E-state index contributed by atoms with van der Waals surface area (Å²) in [6.07, 6.45) is 0. The Hall–Kier alpha value is -6.84. The molecule has 0 unspecified atom stereocenters. The molecule has 0 aliphatic rings. The first-order valence-corrected chi connectivity index (χ1v) is 17.4. The number of nitrogens with zero attached hydrogens (tertiary/aromatic N) is 2. The van der Waals surface area contributed by atoms with Crippen LogP contribution in [0.3, 0.4) is 0 Å².